The zero-order valence-corrected chi connectivity index (χ0v) is 10.2. The van der Waals surface area contributed by atoms with Crippen LogP contribution in [0.3, 0.4) is 0 Å². The molecule has 2 rings (SSSR count). The summed E-state index contributed by atoms with van der Waals surface area (Å²) in [4.78, 5) is 10.9. The molecule has 86 valence electrons. The van der Waals surface area contributed by atoms with E-state index in [4.69, 9.17) is 0 Å². The lowest BCUT2D eigenvalue weighted by Gasteiger charge is -2.25. The lowest BCUT2D eigenvalue weighted by atomic mass is 9.80. The van der Waals surface area contributed by atoms with Crippen molar-refractivity contribution in [2.75, 3.05) is 0 Å². The van der Waals surface area contributed by atoms with Gasteiger partial charge in [0.05, 0.1) is 0 Å². The van der Waals surface area contributed by atoms with Crippen LogP contribution in [0.15, 0.2) is 41.1 Å². The molecule has 0 aromatic carbocycles. The first-order valence-corrected chi connectivity index (χ1v) is 5.91. The molecule has 0 aliphatic heterocycles. The van der Waals surface area contributed by atoms with Gasteiger partial charge < -0.3 is 0 Å². The Balaban J connectivity index is 2.39. The van der Waals surface area contributed by atoms with Crippen LogP contribution >= 0.6 is 0 Å². The molecule has 0 aromatic rings. The van der Waals surface area contributed by atoms with Crippen LogP contribution in [0.2, 0.25) is 0 Å². The van der Waals surface area contributed by atoms with Crippen molar-refractivity contribution in [3.63, 3.8) is 0 Å². The summed E-state index contributed by atoms with van der Waals surface area (Å²) in [5.41, 5.74) is 0.519. The minimum absolute atomic E-state index is 0.0987. The average molecular weight is 217 g/mol. The van der Waals surface area contributed by atoms with Crippen molar-refractivity contribution in [2.24, 2.45) is 16.5 Å². The van der Waals surface area contributed by atoms with Gasteiger partial charge in [-0.25, -0.2) is 0 Å². The molecule has 2 unspecified atom stereocenters. The SMILES string of the molecule is CC1=CC(C)(N=O)C=CC(C)(C2CC2)C=C1. The average Bonchev–Trinajstić information content (AvgIpc) is 3.06. The van der Waals surface area contributed by atoms with Crippen molar-refractivity contribution in [3.05, 3.63) is 40.9 Å². The molecule has 0 heterocycles. The summed E-state index contributed by atoms with van der Waals surface area (Å²) < 4.78 is 0. The van der Waals surface area contributed by atoms with Gasteiger partial charge in [0.2, 0.25) is 0 Å². The molecule has 1 saturated carbocycles. The molecule has 2 atom stereocenters. The van der Waals surface area contributed by atoms with E-state index >= 15 is 0 Å². The molecule has 0 bridgehead atoms. The highest BCUT2D eigenvalue weighted by Gasteiger charge is 2.38. The number of nitroso groups, excluding NO2 is 1. The Morgan fingerprint density at radius 2 is 1.94 bits per heavy atom. The third-order valence-corrected chi connectivity index (χ3v) is 3.66. The monoisotopic (exact) mass is 217 g/mol. The van der Waals surface area contributed by atoms with E-state index in [0.29, 0.717) is 0 Å². The van der Waals surface area contributed by atoms with E-state index in [1.807, 2.05) is 26.0 Å². The quantitative estimate of drug-likeness (QED) is 0.507. The topological polar surface area (TPSA) is 29.4 Å². The molecule has 2 nitrogen and oxygen atoms in total. The summed E-state index contributed by atoms with van der Waals surface area (Å²) in [6.45, 7) is 6.11. The van der Waals surface area contributed by atoms with Crippen LogP contribution in [0.25, 0.3) is 0 Å². The Morgan fingerprint density at radius 1 is 1.25 bits per heavy atom. The Kier molecular flexibility index (Phi) is 2.61. The molecular formula is C14H19NO. The van der Waals surface area contributed by atoms with Crippen LogP contribution in [0.4, 0.5) is 0 Å². The lowest BCUT2D eigenvalue weighted by molar-refractivity contribution is 0.467. The van der Waals surface area contributed by atoms with E-state index in [0.717, 1.165) is 11.5 Å². The third kappa shape index (κ3) is 2.16. The summed E-state index contributed by atoms with van der Waals surface area (Å²) in [6, 6.07) is 0. The fourth-order valence-electron chi connectivity index (χ4n) is 2.31. The summed E-state index contributed by atoms with van der Waals surface area (Å²) >= 11 is 0. The maximum Gasteiger partial charge on any atom is 0.136 e. The Labute approximate surface area is 97.1 Å². The predicted octanol–water partition coefficient (Wildman–Crippen LogP) is 4.00. The van der Waals surface area contributed by atoms with Gasteiger partial charge in [-0.05, 0) is 38.7 Å². The normalized spacial score (nSPS) is 38.8. The number of hydrogen-bond donors (Lipinski definition) is 0. The van der Waals surface area contributed by atoms with Crippen molar-refractivity contribution >= 4 is 0 Å². The first-order chi connectivity index (χ1) is 7.47. The first-order valence-electron chi connectivity index (χ1n) is 5.91. The van der Waals surface area contributed by atoms with E-state index in [2.05, 4.69) is 30.3 Å². The molecule has 0 N–H and O–H groups in total. The number of hydrogen-bond acceptors (Lipinski definition) is 2. The van der Waals surface area contributed by atoms with Gasteiger partial charge in [0, 0.05) is 5.41 Å². The summed E-state index contributed by atoms with van der Waals surface area (Å²) in [5, 5.41) is 3.23. The summed E-state index contributed by atoms with van der Waals surface area (Å²) in [7, 11) is 0. The highest BCUT2D eigenvalue weighted by Crippen LogP contribution is 2.48. The van der Waals surface area contributed by atoms with Crippen LogP contribution in [0.5, 0.6) is 0 Å². The van der Waals surface area contributed by atoms with Crippen molar-refractivity contribution < 1.29 is 0 Å². The third-order valence-electron chi connectivity index (χ3n) is 3.66. The number of nitrogens with zero attached hydrogens (tertiary/aromatic N) is 1. The van der Waals surface area contributed by atoms with E-state index in [1.54, 1.807) is 0 Å². The number of rotatable bonds is 2. The molecule has 0 radical (unpaired) electrons. The molecule has 16 heavy (non-hydrogen) atoms. The molecule has 0 aromatic heterocycles. The highest BCUT2D eigenvalue weighted by atomic mass is 16.3. The fourth-order valence-corrected chi connectivity index (χ4v) is 2.31. The smallest absolute Gasteiger partial charge is 0.136 e. The van der Waals surface area contributed by atoms with E-state index < -0.39 is 5.54 Å². The largest absolute Gasteiger partial charge is 0.150 e. The van der Waals surface area contributed by atoms with Gasteiger partial charge in [-0.2, -0.15) is 0 Å². The first kappa shape index (κ1) is 11.3. The second kappa shape index (κ2) is 3.69. The van der Waals surface area contributed by atoms with Crippen LogP contribution in [-0.2, 0) is 0 Å². The van der Waals surface area contributed by atoms with Crippen molar-refractivity contribution in [3.8, 4) is 0 Å². The number of allylic oxidation sites excluding steroid dienone is 4. The van der Waals surface area contributed by atoms with Gasteiger partial charge in [0.25, 0.3) is 0 Å². The minimum atomic E-state index is -0.689. The highest BCUT2D eigenvalue weighted by molar-refractivity contribution is 5.33. The van der Waals surface area contributed by atoms with Crippen molar-refractivity contribution in [1.29, 1.82) is 0 Å². The van der Waals surface area contributed by atoms with Crippen LogP contribution in [0, 0.1) is 16.2 Å². The minimum Gasteiger partial charge on any atom is -0.150 e. The van der Waals surface area contributed by atoms with Crippen LogP contribution < -0.4 is 0 Å². The van der Waals surface area contributed by atoms with Gasteiger partial charge in [-0.1, -0.05) is 42.0 Å². The maximum atomic E-state index is 10.9. The van der Waals surface area contributed by atoms with Gasteiger partial charge in [-0.15, -0.1) is 4.91 Å². The Hall–Kier alpha value is -1.18. The van der Waals surface area contributed by atoms with Crippen molar-refractivity contribution in [1.82, 2.24) is 0 Å². The molecule has 0 saturated heterocycles. The van der Waals surface area contributed by atoms with Gasteiger partial charge >= 0.3 is 0 Å². The molecule has 2 aliphatic carbocycles. The molecule has 0 amide bonds. The summed E-state index contributed by atoms with van der Waals surface area (Å²) in [6.07, 6.45) is 13.0. The maximum absolute atomic E-state index is 10.9. The molecule has 1 fully saturated rings. The van der Waals surface area contributed by atoms with Crippen LogP contribution in [-0.4, -0.2) is 5.54 Å². The van der Waals surface area contributed by atoms with Gasteiger partial charge in [-0.3, -0.25) is 0 Å². The Morgan fingerprint density at radius 3 is 2.50 bits per heavy atom. The zero-order chi connectivity index (χ0) is 11.8. The fraction of sp³-hybridized carbons (Fsp3) is 0.571. The predicted molar refractivity (Wildman–Crippen MR) is 67.1 cm³/mol. The second-order valence-electron chi connectivity index (χ2n) is 5.51. The lowest BCUT2D eigenvalue weighted by Crippen LogP contribution is -2.20. The van der Waals surface area contributed by atoms with Crippen molar-refractivity contribution in [2.45, 2.75) is 39.2 Å². The molecule has 0 spiro atoms. The molecule has 2 heteroatoms. The van der Waals surface area contributed by atoms with E-state index in [1.165, 1.54) is 12.8 Å². The van der Waals surface area contributed by atoms with Crippen LogP contribution in [0.1, 0.15) is 33.6 Å². The zero-order valence-electron chi connectivity index (χ0n) is 10.2. The standard InChI is InChI=1S/C14H19NO/c1-11-6-7-13(2,12-4-5-12)8-9-14(3,10-11)15-16/h6-10,12H,4-5H2,1-3H3. The second-order valence-corrected chi connectivity index (χ2v) is 5.51. The Bertz CT molecular complexity index is 390. The molecular weight excluding hydrogens is 198 g/mol. The molecule has 2 aliphatic rings. The summed E-state index contributed by atoms with van der Waals surface area (Å²) in [5.74, 6) is 0.738. The van der Waals surface area contributed by atoms with E-state index in [-0.39, 0.29) is 5.41 Å². The van der Waals surface area contributed by atoms with Gasteiger partial charge in [0.1, 0.15) is 5.54 Å². The van der Waals surface area contributed by atoms with E-state index in [9.17, 15) is 4.91 Å². The van der Waals surface area contributed by atoms with Gasteiger partial charge in [0.15, 0.2) is 0 Å².